The molecule has 1 amide bonds. The number of primary amides is 1. The second kappa shape index (κ2) is 5.18. The second-order valence-corrected chi connectivity index (χ2v) is 5.49. The van der Waals surface area contributed by atoms with Crippen LogP contribution in [-0.2, 0) is 6.42 Å². The maximum atomic E-state index is 12.3. The number of hydrogen-bond donors (Lipinski definition) is 2. The number of carbonyl (C=O) groups excluding carboxylic acids is 1. The molecular weight excluding hydrogens is 280 g/mol. The molecule has 0 saturated heterocycles. The number of aromatic amines is 1. The number of fused-ring (bicyclic) bond motifs is 1. The minimum atomic E-state index is -0.635. The summed E-state index contributed by atoms with van der Waals surface area (Å²) in [6.45, 7) is 3.98. The number of rotatable bonds is 3. The van der Waals surface area contributed by atoms with Crippen molar-refractivity contribution >= 4 is 16.8 Å². The third kappa shape index (κ3) is 2.41. The van der Waals surface area contributed by atoms with Crippen LogP contribution >= 0.6 is 0 Å². The summed E-state index contributed by atoms with van der Waals surface area (Å²) < 4.78 is 5.08. The van der Waals surface area contributed by atoms with Crippen LogP contribution in [0, 0.1) is 13.8 Å². The van der Waals surface area contributed by atoms with Crippen molar-refractivity contribution in [2.45, 2.75) is 20.3 Å². The highest BCUT2D eigenvalue weighted by Crippen LogP contribution is 2.20. The zero-order valence-corrected chi connectivity index (χ0v) is 12.4. The van der Waals surface area contributed by atoms with Crippen molar-refractivity contribution < 1.29 is 9.21 Å². The molecule has 0 saturated carbocycles. The van der Waals surface area contributed by atoms with Gasteiger partial charge in [-0.2, -0.15) is 0 Å². The van der Waals surface area contributed by atoms with E-state index in [0.29, 0.717) is 17.5 Å². The van der Waals surface area contributed by atoms with Gasteiger partial charge in [-0.05, 0) is 43.0 Å². The Labute approximate surface area is 126 Å². The first-order chi connectivity index (χ1) is 10.5. The van der Waals surface area contributed by atoms with Crippen molar-refractivity contribution in [2.24, 2.45) is 5.73 Å². The summed E-state index contributed by atoms with van der Waals surface area (Å²) in [5.74, 6) is -0.538. The van der Waals surface area contributed by atoms with E-state index in [1.54, 1.807) is 6.07 Å². The molecule has 0 atom stereocenters. The number of nitrogens with two attached hydrogens (primary N) is 1. The Morgan fingerprint density at radius 1 is 1.23 bits per heavy atom. The van der Waals surface area contributed by atoms with Gasteiger partial charge in [-0.3, -0.25) is 9.59 Å². The van der Waals surface area contributed by atoms with Gasteiger partial charge in [-0.15, -0.1) is 0 Å². The molecule has 0 radical (unpaired) electrons. The number of pyridine rings is 1. The summed E-state index contributed by atoms with van der Waals surface area (Å²) >= 11 is 0. The SMILES string of the molecule is Cc1cc(C)c2[nH]c(=O)c(Cc3ccoc3C(N)=O)cc2c1. The summed E-state index contributed by atoms with van der Waals surface area (Å²) in [6, 6.07) is 7.56. The van der Waals surface area contributed by atoms with Crippen molar-refractivity contribution in [3.63, 3.8) is 0 Å². The van der Waals surface area contributed by atoms with E-state index in [1.807, 2.05) is 32.0 Å². The third-order valence-electron chi connectivity index (χ3n) is 3.72. The Morgan fingerprint density at radius 3 is 2.73 bits per heavy atom. The largest absolute Gasteiger partial charge is 0.459 e. The van der Waals surface area contributed by atoms with Crippen molar-refractivity contribution in [3.05, 3.63) is 68.9 Å². The van der Waals surface area contributed by atoms with Crippen LogP contribution < -0.4 is 11.3 Å². The van der Waals surface area contributed by atoms with Crippen LogP contribution in [0.3, 0.4) is 0 Å². The quantitative estimate of drug-likeness (QED) is 0.778. The molecule has 0 bridgehead atoms. The number of aryl methyl sites for hydroxylation is 2. The molecule has 0 aliphatic carbocycles. The highest BCUT2D eigenvalue weighted by molar-refractivity contribution is 5.91. The Bertz CT molecular complexity index is 935. The number of aromatic nitrogens is 1. The molecule has 22 heavy (non-hydrogen) atoms. The zero-order chi connectivity index (χ0) is 15.9. The number of hydrogen-bond acceptors (Lipinski definition) is 3. The molecule has 0 spiro atoms. The Balaban J connectivity index is 2.11. The number of carbonyl (C=O) groups is 1. The third-order valence-corrected chi connectivity index (χ3v) is 3.72. The summed E-state index contributed by atoms with van der Waals surface area (Å²) in [4.78, 5) is 26.5. The summed E-state index contributed by atoms with van der Waals surface area (Å²) in [7, 11) is 0. The minimum Gasteiger partial charge on any atom is -0.459 e. The summed E-state index contributed by atoms with van der Waals surface area (Å²) in [5.41, 5.74) is 9.27. The highest BCUT2D eigenvalue weighted by Gasteiger charge is 2.14. The van der Waals surface area contributed by atoms with Crippen molar-refractivity contribution in [2.75, 3.05) is 0 Å². The Hall–Kier alpha value is -2.82. The minimum absolute atomic E-state index is 0.0971. The molecule has 0 unspecified atom stereocenters. The van der Waals surface area contributed by atoms with Crippen LogP contribution in [0.25, 0.3) is 10.9 Å². The molecule has 5 nitrogen and oxygen atoms in total. The summed E-state index contributed by atoms with van der Waals surface area (Å²) in [6.07, 6.45) is 1.70. The normalized spacial score (nSPS) is 11.0. The molecule has 0 aliphatic heterocycles. The van der Waals surface area contributed by atoms with Gasteiger partial charge in [0.25, 0.3) is 11.5 Å². The van der Waals surface area contributed by atoms with E-state index in [-0.39, 0.29) is 11.3 Å². The van der Waals surface area contributed by atoms with Crippen LogP contribution in [-0.4, -0.2) is 10.9 Å². The standard InChI is InChI=1S/C17H16N2O3/c1-9-5-10(2)14-12(6-9)8-13(17(21)19-14)7-11-3-4-22-15(11)16(18)20/h3-6,8H,7H2,1-2H3,(H2,18,20)(H,19,21). The zero-order valence-electron chi connectivity index (χ0n) is 12.4. The maximum absolute atomic E-state index is 12.3. The molecule has 2 heterocycles. The lowest BCUT2D eigenvalue weighted by Crippen LogP contribution is -2.16. The van der Waals surface area contributed by atoms with E-state index in [2.05, 4.69) is 4.98 Å². The van der Waals surface area contributed by atoms with E-state index in [0.717, 1.165) is 22.0 Å². The van der Waals surface area contributed by atoms with Crippen molar-refractivity contribution in [1.82, 2.24) is 4.98 Å². The molecule has 1 aromatic carbocycles. The smallest absolute Gasteiger partial charge is 0.284 e. The average Bonchev–Trinajstić information content (AvgIpc) is 2.89. The molecule has 5 heteroatoms. The molecule has 0 aliphatic rings. The predicted octanol–water partition coefficient (Wildman–Crippen LogP) is 2.43. The molecule has 3 N–H and O–H groups in total. The molecule has 112 valence electrons. The van der Waals surface area contributed by atoms with Gasteiger partial charge >= 0.3 is 0 Å². The van der Waals surface area contributed by atoms with Crippen LogP contribution in [0.5, 0.6) is 0 Å². The number of furan rings is 1. The average molecular weight is 296 g/mol. The molecule has 3 aromatic rings. The van der Waals surface area contributed by atoms with Crippen LogP contribution in [0.15, 0.2) is 39.7 Å². The first-order valence-electron chi connectivity index (χ1n) is 6.95. The van der Waals surface area contributed by atoms with E-state index in [1.165, 1.54) is 6.26 Å². The monoisotopic (exact) mass is 296 g/mol. The molecule has 3 rings (SSSR count). The van der Waals surface area contributed by atoms with E-state index in [9.17, 15) is 9.59 Å². The second-order valence-electron chi connectivity index (χ2n) is 5.49. The molecule has 0 fully saturated rings. The van der Waals surface area contributed by atoms with Gasteiger partial charge in [-0.25, -0.2) is 0 Å². The fourth-order valence-corrected chi connectivity index (χ4v) is 2.76. The van der Waals surface area contributed by atoms with Gasteiger partial charge in [0.15, 0.2) is 5.76 Å². The number of benzene rings is 1. The number of nitrogens with one attached hydrogen (secondary N) is 1. The first kappa shape index (κ1) is 14.1. The lowest BCUT2D eigenvalue weighted by Gasteiger charge is -2.07. The van der Waals surface area contributed by atoms with Gasteiger partial charge in [0.2, 0.25) is 0 Å². The Morgan fingerprint density at radius 2 is 2.00 bits per heavy atom. The van der Waals surface area contributed by atoms with E-state index >= 15 is 0 Å². The highest BCUT2D eigenvalue weighted by atomic mass is 16.3. The van der Waals surface area contributed by atoms with Gasteiger partial charge in [0, 0.05) is 17.5 Å². The Kier molecular flexibility index (Phi) is 3.33. The molecular formula is C17H16N2O3. The fourth-order valence-electron chi connectivity index (χ4n) is 2.76. The van der Waals surface area contributed by atoms with Crippen LogP contribution in [0.1, 0.15) is 32.8 Å². The topological polar surface area (TPSA) is 89.1 Å². The van der Waals surface area contributed by atoms with Crippen molar-refractivity contribution in [1.29, 1.82) is 0 Å². The fraction of sp³-hybridized carbons (Fsp3) is 0.176. The number of H-pyrrole nitrogens is 1. The lowest BCUT2D eigenvalue weighted by atomic mass is 10.0. The van der Waals surface area contributed by atoms with Crippen LogP contribution in [0.4, 0.5) is 0 Å². The van der Waals surface area contributed by atoms with Crippen LogP contribution in [0.2, 0.25) is 0 Å². The van der Waals surface area contributed by atoms with Gasteiger partial charge in [-0.1, -0.05) is 11.6 Å². The predicted molar refractivity (Wildman–Crippen MR) is 84.1 cm³/mol. The van der Waals surface area contributed by atoms with Crippen molar-refractivity contribution in [3.8, 4) is 0 Å². The first-order valence-corrected chi connectivity index (χ1v) is 6.95. The molecule has 2 aromatic heterocycles. The summed E-state index contributed by atoms with van der Waals surface area (Å²) in [5, 5.41) is 0.969. The lowest BCUT2D eigenvalue weighted by molar-refractivity contribution is 0.0973. The van der Waals surface area contributed by atoms with Gasteiger partial charge < -0.3 is 15.1 Å². The maximum Gasteiger partial charge on any atom is 0.284 e. The van der Waals surface area contributed by atoms with Gasteiger partial charge in [0.1, 0.15) is 0 Å². The van der Waals surface area contributed by atoms with Gasteiger partial charge in [0.05, 0.1) is 11.8 Å². The van der Waals surface area contributed by atoms with E-state index in [4.69, 9.17) is 10.2 Å². The van der Waals surface area contributed by atoms with E-state index < -0.39 is 5.91 Å². The number of amides is 1.